The molecule has 7 nitrogen and oxygen atoms in total. The molecule has 2 fully saturated rings. The van der Waals surface area contributed by atoms with Gasteiger partial charge < -0.3 is 18.9 Å². The Labute approximate surface area is 137 Å². The number of likely N-dealkylation sites (tertiary alicyclic amines) is 1. The van der Waals surface area contributed by atoms with Gasteiger partial charge in [0.2, 0.25) is 5.91 Å². The molecule has 23 heavy (non-hydrogen) atoms. The second-order valence-corrected chi connectivity index (χ2v) is 6.46. The van der Waals surface area contributed by atoms with Crippen LogP contribution in [0.25, 0.3) is 0 Å². The summed E-state index contributed by atoms with van der Waals surface area (Å²) >= 11 is 0. The number of amides is 1. The van der Waals surface area contributed by atoms with E-state index in [1.54, 1.807) is 6.33 Å². The van der Waals surface area contributed by atoms with Gasteiger partial charge in [0.25, 0.3) is 0 Å². The zero-order valence-electron chi connectivity index (χ0n) is 13.8. The monoisotopic (exact) mass is 322 g/mol. The summed E-state index contributed by atoms with van der Waals surface area (Å²) in [5, 5.41) is 8.12. The number of hydrogen-bond donors (Lipinski definition) is 0. The van der Waals surface area contributed by atoms with Crippen LogP contribution in [-0.4, -0.2) is 64.6 Å². The molecular formula is C16H26N4O3. The zero-order valence-corrected chi connectivity index (χ0v) is 13.8. The third-order valence-corrected chi connectivity index (χ3v) is 4.76. The molecule has 1 aromatic rings. The molecule has 0 spiro atoms. The van der Waals surface area contributed by atoms with Gasteiger partial charge in [0.15, 0.2) is 0 Å². The normalized spacial score (nSPS) is 23.2. The lowest BCUT2D eigenvalue weighted by Crippen LogP contribution is -2.40. The van der Waals surface area contributed by atoms with Gasteiger partial charge in [-0.15, -0.1) is 10.2 Å². The van der Waals surface area contributed by atoms with E-state index in [0.717, 1.165) is 51.2 Å². The first-order valence-electron chi connectivity index (χ1n) is 8.55. The van der Waals surface area contributed by atoms with Crippen molar-refractivity contribution in [2.24, 2.45) is 7.05 Å². The summed E-state index contributed by atoms with van der Waals surface area (Å²) in [6.45, 7) is 3.03. The summed E-state index contributed by atoms with van der Waals surface area (Å²) in [5.74, 6) is 1.49. The molecule has 1 amide bonds. The minimum Gasteiger partial charge on any atom is -0.376 e. The quantitative estimate of drug-likeness (QED) is 0.812. The van der Waals surface area contributed by atoms with Crippen molar-refractivity contribution in [1.29, 1.82) is 0 Å². The summed E-state index contributed by atoms with van der Waals surface area (Å²) in [5.41, 5.74) is 0. The summed E-state index contributed by atoms with van der Waals surface area (Å²) in [7, 11) is 1.97. The summed E-state index contributed by atoms with van der Waals surface area (Å²) in [4.78, 5) is 14.1. The van der Waals surface area contributed by atoms with Crippen molar-refractivity contribution in [3.05, 3.63) is 12.2 Å². The largest absolute Gasteiger partial charge is 0.376 e. The molecule has 0 N–H and O–H groups in total. The molecule has 0 aromatic carbocycles. The average Bonchev–Trinajstić information content (AvgIpc) is 3.02. The van der Waals surface area contributed by atoms with Gasteiger partial charge in [0, 0.05) is 32.7 Å². The first kappa shape index (κ1) is 16.4. The molecule has 128 valence electrons. The molecule has 2 aliphatic rings. The number of carbonyl (C=O) groups excluding carboxylic acids is 1. The van der Waals surface area contributed by atoms with E-state index >= 15 is 0 Å². The minimum atomic E-state index is 0.0808. The van der Waals surface area contributed by atoms with E-state index in [9.17, 15) is 4.79 Å². The third kappa shape index (κ3) is 4.29. The van der Waals surface area contributed by atoms with Crippen LogP contribution in [0.5, 0.6) is 0 Å². The van der Waals surface area contributed by atoms with Crippen molar-refractivity contribution in [2.75, 3.05) is 32.9 Å². The molecule has 3 rings (SSSR count). The fourth-order valence-electron chi connectivity index (χ4n) is 3.36. The highest BCUT2D eigenvalue weighted by Crippen LogP contribution is 2.26. The molecule has 3 heterocycles. The SMILES string of the molecule is Cn1cnnc1C1CCN(C(=O)COC[C@H]2CCCCO2)CC1. The van der Waals surface area contributed by atoms with Crippen LogP contribution in [-0.2, 0) is 21.3 Å². The van der Waals surface area contributed by atoms with Crippen molar-refractivity contribution >= 4 is 5.91 Å². The van der Waals surface area contributed by atoms with Gasteiger partial charge in [-0.25, -0.2) is 0 Å². The minimum absolute atomic E-state index is 0.0808. The second-order valence-electron chi connectivity index (χ2n) is 6.46. The topological polar surface area (TPSA) is 69.5 Å². The first-order valence-corrected chi connectivity index (χ1v) is 8.55. The van der Waals surface area contributed by atoms with Gasteiger partial charge in [0.1, 0.15) is 18.8 Å². The molecule has 2 saturated heterocycles. The van der Waals surface area contributed by atoms with E-state index in [-0.39, 0.29) is 18.6 Å². The molecule has 0 saturated carbocycles. The maximum atomic E-state index is 12.2. The van der Waals surface area contributed by atoms with Crippen LogP contribution in [0.4, 0.5) is 0 Å². The zero-order chi connectivity index (χ0) is 16.1. The van der Waals surface area contributed by atoms with Gasteiger partial charge in [-0.2, -0.15) is 0 Å². The smallest absolute Gasteiger partial charge is 0.248 e. The predicted octanol–water partition coefficient (Wildman–Crippen LogP) is 1.11. The lowest BCUT2D eigenvalue weighted by molar-refractivity contribution is -0.139. The molecule has 0 radical (unpaired) electrons. The first-order chi connectivity index (χ1) is 11.2. The Balaban J connectivity index is 1.37. The lowest BCUT2D eigenvalue weighted by Gasteiger charge is -2.31. The number of piperidine rings is 1. The Morgan fingerprint density at radius 2 is 2.17 bits per heavy atom. The average molecular weight is 322 g/mol. The van der Waals surface area contributed by atoms with Gasteiger partial charge in [0.05, 0.1) is 12.7 Å². The second kappa shape index (κ2) is 7.88. The van der Waals surface area contributed by atoms with Crippen molar-refractivity contribution in [2.45, 2.75) is 44.1 Å². The molecule has 7 heteroatoms. The summed E-state index contributed by atoms with van der Waals surface area (Å²) < 4.78 is 13.1. The Morgan fingerprint density at radius 1 is 1.35 bits per heavy atom. The standard InChI is InChI=1S/C16H26N4O3/c1-19-12-17-18-16(19)13-5-7-20(8-6-13)15(21)11-22-10-14-4-2-3-9-23-14/h12-14H,2-11H2,1H3/t14-/m1/s1. The number of aryl methyl sites for hydroxylation is 1. The van der Waals surface area contributed by atoms with Gasteiger partial charge in [-0.1, -0.05) is 0 Å². The van der Waals surface area contributed by atoms with Crippen molar-refractivity contribution < 1.29 is 14.3 Å². The number of rotatable bonds is 5. The molecule has 1 aromatic heterocycles. The Hall–Kier alpha value is -1.47. The highest BCUT2D eigenvalue weighted by molar-refractivity contribution is 5.77. The van der Waals surface area contributed by atoms with Gasteiger partial charge in [-0.3, -0.25) is 4.79 Å². The van der Waals surface area contributed by atoms with E-state index in [4.69, 9.17) is 9.47 Å². The number of hydrogen-bond acceptors (Lipinski definition) is 5. The fourth-order valence-corrected chi connectivity index (χ4v) is 3.36. The number of carbonyl (C=O) groups is 1. The number of nitrogens with zero attached hydrogens (tertiary/aromatic N) is 4. The van der Waals surface area contributed by atoms with Crippen LogP contribution < -0.4 is 0 Å². The van der Waals surface area contributed by atoms with Crippen molar-refractivity contribution in [3.63, 3.8) is 0 Å². The van der Waals surface area contributed by atoms with E-state index in [0.29, 0.717) is 12.5 Å². The molecule has 0 bridgehead atoms. The van der Waals surface area contributed by atoms with E-state index in [1.165, 1.54) is 6.42 Å². The maximum Gasteiger partial charge on any atom is 0.248 e. The highest BCUT2D eigenvalue weighted by atomic mass is 16.5. The highest BCUT2D eigenvalue weighted by Gasteiger charge is 2.26. The molecule has 0 aliphatic carbocycles. The van der Waals surface area contributed by atoms with Gasteiger partial charge in [-0.05, 0) is 32.1 Å². The maximum absolute atomic E-state index is 12.2. The molecule has 2 aliphatic heterocycles. The Bertz CT molecular complexity index is 505. The Morgan fingerprint density at radius 3 is 2.83 bits per heavy atom. The van der Waals surface area contributed by atoms with Crippen LogP contribution in [0.1, 0.15) is 43.8 Å². The summed E-state index contributed by atoms with van der Waals surface area (Å²) in [6, 6.07) is 0. The molecular weight excluding hydrogens is 296 g/mol. The summed E-state index contributed by atoms with van der Waals surface area (Å²) in [6.07, 6.45) is 7.13. The van der Waals surface area contributed by atoms with E-state index < -0.39 is 0 Å². The fraction of sp³-hybridized carbons (Fsp3) is 0.812. The van der Waals surface area contributed by atoms with Crippen molar-refractivity contribution in [1.82, 2.24) is 19.7 Å². The number of aromatic nitrogens is 3. The van der Waals surface area contributed by atoms with E-state index in [1.807, 2.05) is 16.5 Å². The van der Waals surface area contributed by atoms with Crippen LogP contribution >= 0.6 is 0 Å². The predicted molar refractivity (Wildman–Crippen MR) is 84.0 cm³/mol. The molecule has 1 atom stereocenters. The Kier molecular flexibility index (Phi) is 5.61. The van der Waals surface area contributed by atoms with E-state index in [2.05, 4.69) is 10.2 Å². The van der Waals surface area contributed by atoms with Crippen molar-refractivity contribution in [3.8, 4) is 0 Å². The van der Waals surface area contributed by atoms with Crippen LogP contribution in [0.2, 0.25) is 0 Å². The van der Waals surface area contributed by atoms with Crippen LogP contribution in [0, 0.1) is 0 Å². The van der Waals surface area contributed by atoms with Crippen LogP contribution in [0.15, 0.2) is 6.33 Å². The lowest BCUT2D eigenvalue weighted by atomic mass is 9.96. The van der Waals surface area contributed by atoms with Gasteiger partial charge >= 0.3 is 0 Å². The molecule has 0 unspecified atom stereocenters. The third-order valence-electron chi connectivity index (χ3n) is 4.76. The van der Waals surface area contributed by atoms with Crippen LogP contribution in [0.3, 0.4) is 0 Å². The number of ether oxygens (including phenoxy) is 2.